The van der Waals surface area contributed by atoms with Crippen LogP contribution >= 0.6 is 23.2 Å². The van der Waals surface area contributed by atoms with Crippen molar-refractivity contribution in [1.29, 1.82) is 0 Å². The Morgan fingerprint density at radius 2 is 1.76 bits per heavy atom. The van der Waals surface area contributed by atoms with E-state index in [0.717, 1.165) is 5.56 Å². The summed E-state index contributed by atoms with van der Waals surface area (Å²) in [7, 11) is -2.05. The lowest BCUT2D eigenvalue weighted by Gasteiger charge is -2.26. The molecule has 1 atom stereocenters. The molecule has 0 aromatic heterocycles. The highest BCUT2D eigenvalue weighted by atomic mass is 35.5. The predicted octanol–water partition coefficient (Wildman–Crippen LogP) is 3.40. The molecule has 0 fully saturated rings. The van der Waals surface area contributed by atoms with Gasteiger partial charge in [-0.05, 0) is 42.3 Å². The second-order valence-corrected chi connectivity index (χ2v) is 8.12. The molecular weight excluding hydrogens is 383 g/mol. The van der Waals surface area contributed by atoms with Crippen LogP contribution in [0.2, 0.25) is 10.0 Å². The van der Waals surface area contributed by atoms with Crippen LogP contribution in [0.4, 0.5) is 0 Å². The number of sulfonamides is 1. The van der Waals surface area contributed by atoms with Gasteiger partial charge in [0.15, 0.2) is 0 Å². The molecule has 0 heterocycles. The molecule has 1 amide bonds. The third kappa shape index (κ3) is 4.95. The average Bonchev–Trinajstić information content (AvgIpc) is 2.53. The van der Waals surface area contributed by atoms with Gasteiger partial charge < -0.3 is 4.90 Å². The number of nitrogens with two attached hydrogens (primary N) is 1. The maximum absolute atomic E-state index is 12.5. The van der Waals surface area contributed by atoms with E-state index in [1.165, 1.54) is 12.1 Å². The van der Waals surface area contributed by atoms with Crippen molar-refractivity contribution < 1.29 is 13.2 Å². The van der Waals surface area contributed by atoms with E-state index in [1.54, 1.807) is 42.3 Å². The SMILES string of the molecule is CC(c1ccc(Cl)cc1Cl)N(C)C(=O)Cc1ccc(S(N)(=O)=O)cc1. The third-order valence-corrected chi connectivity index (χ3v) is 5.49. The highest BCUT2D eigenvalue weighted by Gasteiger charge is 2.20. The molecule has 2 N–H and O–H groups in total. The Hall–Kier alpha value is -1.60. The molecule has 0 saturated heterocycles. The van der Waals surface area contributed by atoms with E-state index in [-0.39, 0.29) is 23.3 Å². The number of hydrogen-bond donors (Lipinski definition) is 1. The number of carbonyl (C=O) groups is 1. The van der Waals surface area contributed by atoms with E-state index in [0.29, 0.717) is 15.6 Å². The molecule has 5 nitrogen and oxygen atoms in total. The van der Waals surface area contributed by atoms with Gasteiger partial charge in [0.05, 0.1) is 17.4 Å². The molecule has 134 valence electrons. The Bertz CT molecular complexity index is 883. The van der Waals surface area contributed by atoms with Gasteiger partial charge in [-0.1, -0.05) is 41.4 Å². The summed E-state index contributed by atoms with van der Waals surface area (Å²) < 4.78 is 22.5. The maximum atomic E-state index is 12.5. The molecule has 2 aromatic rings. The van der Waals surface area contributed by atoms with Gasteiger partial charge >= 0.3 is 0 Å². The number of benzene rings is 2. The first-order chi connectivity index (χ1) is 11.6. The Balaban J connectivity index is 2.11. The normalized spacial score (nSPS) is 12.7. The molecule has 2 rings (SSSR count). The van der Waals surface area contributed by atoms with Gasteiger partial charge in [-0.25, -0.2) is 13.6 Å². The van der Waals surface area contributed by atoms with Crippen molar-refractivity contribution in [3.05, 3.63) is 63.6 Å². The van der Waals surface area contributed by atoms with Crippen molar-refractivity contribution in [3.8, 4) is 0 Å². The van der Waals surface area contributed by atoms with Gasteiger partial charge in [-0.15, -0.1) is 0 Å². The lowest BCUT2D eigenvalue weighted by Crippen LogP contribution is -2.31. The van der Waals surface area contributed by atoms with Crippen LogP contribution in [0, 0.1) is 0 Å². The molecule has 0 aliphatic rings. The average molecular weight is 401 g/mol. The molecule has 0 radical (unpaired) electrons. The fraction of sp³-hybridized carbons (Fsp3) is 0.235. The second-order valence-electron chi connectivity index (χ2n) is 5.71. The van der Waals surface area contributed by atoms with Crippen LogP contribution in [0.1, 0.15) is 24.1 Å². The summed E-state index contributed by atoms with van der Waals surface area (Å²) in [5.74, 6) is -0.123. The molecule has 0 saturated carbocycles. The first kappa shape index (κ1) is 19.7. The summed E-state index contributed by atoms with van der Waals surface area (Å²) in [6, 6.07) is 10.8. The number of halogens is 2. The second kappa shape index (κ2) is 7.74. The lowest BCUT2D eigenvalue weighted by atomic mass is 10.1. The number of likely N-dealkylation sites (N-methyl/N-ethyl adjacent to an activating group) is 1. The maximum Gasteiger partial charge on any atom is 0.238 e. The van der Waals surface area contributed by atoms with Crippen LogP contribution in [0.15, 0.2) is 47.4 Å². The molecule has 0 bridgehead atoms. The van der Waals surface area contributed by atoms with Gasteiger partial charge in [0, 0.05) is 17.1 Å². The minimum Gasteiger partial charge on any atom is -0.339 e. The van der Waals surface area contributed by atoms with Gasteiger partial charge in [0.25, 0.3) is 0 Å². The van der Waals surface area contributed by atoms with Crippen LogP contribution in [-0.4, -0.2) is 26.3 Å². The van der Waals surface area contributed by atoms with Crippen molar-refractivity contribution in [1.82, 2.24) is 4.90 Å². The van der Waals surface area contributed by atoms with Crippen LogP contribution in [-0.2, 0) is 21.2 Å². The van der Waals surface area contributed by atoms with Gasteiger partial charge in [-0.2, -0.15) is 0 Å². The smallest absolute Gasteiger partial charge is 0.238 e. The molecule has 2 aromatic carbocycles. The Morgan fingerprint density at radius 1 is 1.16 bits per heavy atom. The first-order valence-corrected chi connectivity index (χ1v) is 9.72. The molecular formula is C17H18Cl2N2O3S. The topological polar surface area (TPSA) is 80.5 Å². The summed E-state index contributed by atoms with van der Waals surface area (Å²) in [4.78, 5) is 14.1. The molecule has 8 heteroatoms. The monoisotopic (exact) mass is 400 g/mol. The summed E-state index contributed by atoms with van der Waals surface area (Å²) in [5, 5.41) is 6.09. The van der Waals surface area contributed by atoms with Crippen LogP contribution in [0.5, 0.6) is 0 Å². The quantitative estimate of drug-likeness (QED) is 0.834. The van der Waals surface area contributed by atoms with Gasteiger partial charge in [0.1, 0.15) is 0 Å². The Labute approximate surface area is 157 Å². The molecule has 25 heavy (non-hydrogen) atoms. The van der Waals surface area contributed by atoms with Crippen LogP contribution in [0.3, 0.4) is 0 Å². The van der Waals surface area contributed by atoms with E-state index < -0.39 is 10.0 Å². The van der Waals surface area contributed by atoms with Crippen LogP contribution < -0.4 is 5.14 Å². The largest absolute Gasteiger partial charge is 0.339 e. The summed E-state index contributed by atoms with van der Waals surface area (Å²) in [6.07, 6.45) is 0.136. The van der Waals surface area contributed by atoms with Crippen molar-refractivity contribution in [2.75, 3.05) is 7.05 Å². The zero-order valence-electron chi connectivity index (χ0n) is 13.7. The number of hydrogen-bond acceptors (Lipinski definition) is 3. The zero-order valence-corrected chi connectivity index (χ0v) is 16.1. The third-order valence-electron chi connectivity index (χ3n) is 3.99. The standard InChI is InChI=1S/C17H18Cl2N2O3S/c1-11(15-8-5-13(18)10-16(15)19)21(2)17(22)9-12-3-6-14(7-4-12)25(20,23)24/h3-8,10-11H,9H2,1-2H3,(H2,20,23,24). The zero-order chi connectivity index (χ0) is 18.8. The Kier molecular flexibility index (Phi) is 6.11. The lowest BCUT2D eigenvalue weighted by molar-refractivity contribution is -0.131. The van der Waals surface area contributed by atoms with E-state index in [1.807, 2.05) is 6.92 Å². The summed E-state index contributed by atoms with van der Waals surface area (Å²) in [6.45, 7) is 1.87. The number of rotatable bonds is 5. The first-order valence-electron chi connectivity index (χ1n) is 7.42. The highest BCUT2D eigenvalue weighted by molar-refractivity contribution is 7.89. The van der Waals surface area contributed by atoms with Crippen molar-refractivity contribution >= 4 is 39.1 Å². The Morgan fingerprint density at radius 3 is 2.28 bits per heavy atom. The van der Waals surface area contributed by atoms with E-state index in [2.05, 4.69) is 0 Å². The molecule has 0 spiro atoms. The predicted molar refractivity (Wildman–Crippen MR) is 99.2 cm³/mol. The fourth-order valence-corrected chi connectivity index (χ4v) is 3.44. The van der Waals surface area contributed by atoms with Crippen LogP contribution in [0.25, 0.3) is 0 Å². The minimum atomic E-state index is -3.74. The highest BCUT2D eigenvalue weighted by Crippen LogP contribution is 2.29. The molecule has 1 unspecified atom stereocenters. The van der Waals surface area contributed by atoms with Gasteiger partial charge in [0.2, 0.25) is 15.9 Å². The van der Waals surface area contributed by atoms with Gasteiger partial charge in [-0.3, -0.25) is 4.79 Å². The number of amides is 1. The van der Waals surface area contributed by atoms with E-state index in [4.69, 9.17) is 28.3 Å². The molecule has 0 aliphatic carbocycles. The van der Waals surface area contributed by atoms with E-state index in [9.17, 15) is 13.2 Å². The fourth-order valence-electron chi connectivity index (χ4n) is 2.36. The number of primary sulfonamides is 1. The number of nitrogens with zero attached hydrogens (tertiary/aromatic N) is 1. The van der Waals surface area contributed by atoms with Crippen molar-refractivity contribution in [2.45, 2.75) is 24.3 Å². The summed E-state index contributed by atoms with van der Waals surface area (Å²) >= 11 is 12.1. The van der Waals surface area contributed by atoms with Crippen molar-refractivity contribution in [3.63, 3.8) is 0 Å². The molecule has 0 aliphatic heterocycles. The van der Waals surface area contributed by atoms with Crippen molar-refractivity contribution in [2.24, 2.45) is 5.14 Å². The number of carbonyl (C=O) groups excluding carboxylic acids is 1. The van der Waals surface area contributed by atoms with E-state index >= 15 is 0 Å². The summed E-state index contributed by atoms with van der Waals surface area (Å²) in [5.41, 5.74) is 1.49. The minimum absolute atomic E-state index is 0.0124.